The Morgan fingerprint density at radius 1 is 1.21 bits per heavy atom. The molecule has 16 nitrogen and oxygen atoms in total. The summed E-state index contributed by atoms with van der Waals surface area (Å²) in [6.07, 6.45) is 0.808. The van der Waals surface area contributed by atoms with Gasteiger partial charge in [-0.25, -0.2) is 4.57 Å². The molecule has 0 aliphatic carbocycles. The van der Waals surface area contributed by atoms with Gasteiger partial charge in [0.05, 0.1) is 40.9 Å². The van der Waals surface area contributed by atoms with Gasteiger partial charge in [0.1, 0.15) is 5.69 Å². The summed E-state index contributed by atoms with van der Waals surface area (Å²) in [5, 5.41) is 25.1. The number of hydrogen-bond acceptors (Lipinski definition) is 11. The van der Waals surface area contributed by atoms with E-state index in [1.807, 2.05) is 22.6 Å². The number of nitro benzene ring substituents is 2. The third-order valence-corrected chi connectivity index (χ3v) is 5.30. The number of phosphoric acid groups is 1. The van der Waals surface area contributed by atoms with Crippen LogP contribution in [-0.4, -0.2) is 77.5 Å². The van der Waals surface area contributed by atoms with Gasteiger partial charge in [-0.15, -0.1) is 0 Å². The third-order valence-electron chi connectivity index (χ3n) is 3.70. The van der Waals surface area contributed by atoms with Crippen LogP contribution in [0.25, 0.3) is 0 Å². The molecule has 0 bridgehead atoms. The van der Waals surface area contributed by atoms with Gasteiger partial charge in [-0.05, 0) is 0 Å². The standard InChI is InChI=1S/C14H20IN4O12PS/c1-33(28,29)31-7-5-17(4-2-15)13-11(14(20)16-3-6-30-32(25,26)27)8-10(18(21)22)9-12(13)19(23)24/h8-9H,2-7H2,1H3,(H,16,20)(H2,25,26,27). The second-order valence-electron chi connectivity index (χ2n) is 6.16. The Hall–Kier alpha value is -1.96. The molecular formula is C14H20IN4O12PS. The van der Waals surface area contributed by atoms with Gasteiger partial charge >= 0.3 is 7.82 Å². The Labute approximate surface area is 201 Å². The zero-order valence-electron chi connectivity index (χ0n) is 16.9. The number of carbonyl (C=O) groups is 1. The number of amides is 1. The first-order valence-corrected chi connectivity index (χ1v) is 13.6. The topological polar surface area (TPSA) is 229 Å². The molecule has 3 N–H and O–H groups in total. The normalized spacial score (nSPS) is 11.8. The number of hydrogen-bond donors (Lipinski definition) is 3. The molecule has 19 heteroatoms. The van der Waals surface area contributed by atoms with Crippen molar-refractivity contribution >= 4 is 63.5 Å². The number of phosphoric ester groups is 1. The maximum atomic E-state index is 12.7. The van der Waals surface area contributed by atoms with Gasteiger partial charge in [-0.1, -0.05) is 22.6 Å². The second kappa shape index (κ2) is 12.5. The number of benzene rings is 1. The van der Waals surface area contributed by atoms with Gasteiger partial charge in [0.2, 0.25) is 0 Å². The molecule has 1 aromatic carbocycles. The van der Waals surface area contributed by atoms with Crippen LogP contribution >= 0.6 is 30.4 Å². The van der Waals surface area contributed by atoms with Crippen LogP contribution in [0.3, 0.4) is 0 Å². The van der Waals surface area contributed by atoms with Gasteiger partial charge in [-0.3, -0.25) is 33.7 Å². The number of rotatable bonds is 14. The van der Waals surface area contributed by atoms with E-state index in [0.29, 0.717) is 10.5 Å². The smallest absolute Gasteiger partial charge is 0.362 e. The van der Waals surface area contributed by atoms with E-state index in [9.17, 15) is 38.0 Å². The molecular weight excluding hydrogens is 606 g/mol. The number of carbonyl (C=O) groups excluding carboxylic acids is 1. The van der Waals surface area contributed by atoms with Gasteiger partial charge < -0.3 is 20.0 Å². The van der Waals surface area contributed by atoms with Gasteiger partial charge in [0.25, 0.3) is 27.4 Å². The van der Waals surface area contributed by atoms with Crippen molar-refractivity contribution in [2.75, 3.05) is 48.4 Å². The van der Waals surface area contributed by atoms with Crippen molar-refractivity contribution in [2.45, 2.75) is 0 Å². The Balaban J connectivity index is 3.43. The van der Waals surface area contributed by atoms with Gasteiger partial charge in [-0.2, -0.15) is 8.42 Å². The van der Waals surface area contributed by atoms with Crippen LogP contribution in [0, 0.1) is 20.2 Å². The largest absolute Gasteiger partial charge is 0.469 e. The molecule has 0 fully saturated rings. The monoisotopic (exact) mass is 626 g/mol. The Bertz CT molecular complexity index is 1050. The summed E-state index contributed by atoms with van der Waals surface area (Å²) in [7, 11) is -8.63. The van der Waals surface area contributed by atoms with Crippen LogP contribution < -0.4 is 10.2 Å². The van der Waals surface area contributed by atoms with Gasteiger partial charge in [0.15, 0.2) is 0 Å². The number of halogens is 1. The number of nitrogens with zero attached hydrogens (tertiary/aromatic N) is 3. The first-order valence-electron chi connectivity index (χ1n) is 8.76. The zero-order valence-corrected chi connectivity index (χ0v) is 20.8. The maximum Gasteiger partial charge on any atom is 0.469 e. The average molecular weight is 626 g/mol. The number of alkyl halides is 1. The average Bonchev–Trinajstić information content (AvgIpc) is 2.67. The highest BCUT2D eigenvalue weighted by Crippen LogP contribution is 2.37. The van der Waals surface area contributed by atoms with Crippen LogP contribution in [0.1, 0.15) is 10.4 Å². The Kier molecular flexibility index (Phi) is 11.0. The molecule has 0 unspecified atom stereocenters. The van der Waals surface area contributed by atoms with Crippen LogP contribution in [-0.2, 0) is 23.4 Å². The minimum atomic E-state index is -4.80. The summed E-state index contributed by atoms with van der Waals surface area (Å²) < 4.78 is 42.4. The van der Waals surface area contributed by atoms with E-state index in [2.05, 4.69) is 14.0 Å². The van der Waals surface area contributed by atoms with Crippen molar-refractivity contribution < 1.29 is 46.1 Å². The summed E-state index contributed by atoms with van der Waals surface area (Å²) in [4.78, 5) is 52.4. The van der Waals surface area contributed by atoms with Crippen molar-refractivity contribution in [3.8, 4) is 0 Å². The predicted molar refractivity (Wildman–Crippen MR) is 122 cm³/mol. The second-order valence-corrected chi connectivity index (χ2v) is 10.1. The summed E-state index contributed by atoms with van der Waals surface area (Å²) in [5.41, 5.74) is -2.31. The summed E-state index contributed by atoms with van der Waals surface area (Å²) in [5.74, 6) is -1.02. The first kappa shape index (κ1) is 29.1. The molecule has 0 saturated heterocycles. The lowest BCUT2D eigenvalue weighted by Gasteiger charge is -2.25. The fraction of sp³-hybridized carbons (Fsp3) is 0.500. The Morgan fingerprint density at radius 3 is 2.33 bits per heavy atom. The molecule has 0 atom stereocenters. The highest BCUT2D eigenvalue weighted by molar-refractivity contribution is 14.1. The van der Waals surface area contributed by atoms with Crippen LogP contribution in [0.2, 0.25) is 0 Å². The fourth-order valence-electron chi connectivity index (χ4n) is 2.51. The van der Waals surface area contributed by atoms with Crippen LogP contribution in [0.5, 0.6) is 0 Å². The number of nitro groups is 2. The van der Waals surface area contributed by atoms with E-state index < -0.39 is 70.4 Å². The van der Waals surface area contributed by atoms with Crippen LogP contribution in [0.15, 0.2) is 12.1 Å². The minimum Gasteiger partial charge on any atom is -0.362 e. The third kappa shape index (κ3) is 10.2. The molecule has 0 radical (unpaired) electrons. The number of anilines is 1. The van der Waals surface area contributed by atoms with Crippen molar-refractivity contribution in [3.63, 3.8) is 0 Å². The van der Waals surface area contributed by atoms with Crippen molar-refractivity contribution in [3.05, 3.63) is 37.9 Å². The van der Waals surface area contributed by atoms with E-state index in [1.165, 1.54) is 4.90 Å². The predicted octanol–water partition coefficient (Wildman–Crippen LogP) is 0.560. The van der Waals surface area contributed by atoms with Crippen molar-refractivity contribution in [1.82, 2.24) is 5.32 Å². The summed E-state index contributed by atoms with van der Waals surface area (Å²) in [6, 6.07) is 1.47. The molecule has 1 amide bonds. The minimum absolute atomic E-state index is 0.0912. The molecule has 0 saturated carbocycles. The lowest BCUT2D eigenvalue weighted by molar-refractivity contribution is -0.393. The van der Waals surface area contributed by atoms with E-state index in [-0.39, 0.29) is 18.8 Å². The molecule has 33 heavy (non-hydrogen) atoms. The fourth-order valence-corrected chi connectivity index (χ4v) is 3.80. The maximum absolute atomic E-state index is 12.7. The van der Waals surface area contributed by atoms with Gasteiger partial charge in [0, 0.05) is 30.1 Å². The highest BCUT2D eigenvalue weighted by Gasteiger charge is 2.31. The number of nitrogens with one attached hydrogen (secondary N) is 1. The lowest BCUT2D eigenvalue weighted by Crippen LogP contribution is -2.34. The molecule has 186 valence electrons. The van der Waals surface area contributed by atoms with E-state index in [4.69, 9.17) is 9.79 Å². The highest BCUT2D eigenvalue weighted by atomic mass is 127. The van der Waals surface area contributed by atoms with E-state index >= 15 is 0 Å². The molecule has 1 rings (SSSR count). The molecule has 0 heterocycles. The van der Waals surface area contributed by atoms with E-state index in [0.717, 1.165) is 12.3 Å². The quantitative estimate of drug-likeness (QED) is 0.0488. The first-order chi connectivity index (χ1) is 15.2. The van der Waals surface area contributed by atoms with Crippen LogP contribution in [0.4, 0.5) is 17.1 Å². The molecule has 0 aliphatic heterocycles. The van der Waals surface area contributed by atoms with Crippen molar-refractivity contribution in [2.24, 2.45) is 0 Å². The summed E-state index contributed by atoms with van der Waals surface area (Å²) >= 11 is 1.94. The SMILES string of the molecule is CS(=O)(=O)OCCN(CCI)c1c(C(=O)NCCOP(=O)(O)O)cc([N+](=O)[O-])cc1[N+](=O)[O-]. The lowest BCUT2D eigenvalue weighted by atomic mass is 10.1. The zero-order chi connectivity index (χ0) is 25.4. The van der Waals surface area contributed by atoms with E-state index in [1.54, 1.807) is 0 Å². The number of non-ortho nitro benzene ring substituents is 1. The Morgan fingerprint density at radius 2 is 1.85 bits per heavy atom. The molecule has 0 aliphatic rings. The molecule has 0 aromatic heterocycles. The van der Waals surface area contributed by atoms with Crippen molar-refractivity contribution in [1.29, 1.82) is 0 Å². The molecule has 0 spiro atoms. The molecule has 1 aromatic rings. The summed E-state index contributed by atoms with van der Waals surface area (Å²) in [6.45, 7) is -1.57.